The van der Waals surface area contributed by atoms with Crippen LogP contribution in [0.2, 0.25) is 0 Å². The third kappa shape index (κ3) is 5.42. The summed E-state index contributed by atoms with van der Waals surface area (Å²) in [7, 11) is 0. The molecule has 4 rings (SSSR count). The minimum Gasteiger partial charge on any atom is -0.378 e. The van der Waals surface area contributed by atoms with Gasteiger partial charge in [0.05, 0.1) is 6.10 Å². The predicted octanol–water partition coefficient (Wildman–Crippen LogP) is 5.05. The SMILES string of the molecule is CC(C)(C)c1ccc(-c2nc(CCCCOC3CCCCC3)n3[nH]c(=O)cc3n2)cc1. The molecule has 2 heterocycles. The zero-order valence-electron chi connectivity index (χ0n) is 19.0. The van der Waals surface area contributed by atoms with E-state index in [9.17, 15) is 4.79 Å². The Balaban J connectivity index is 1.46. The van der Waals surface area contributed by atoms with E-state index in [-0.39, 0.29) is 11.0 Å². The van der Waals surface area contributed by atoms with Crippen molar-refractivity contribution in [3.05, 3.63) is 52.1 Å². The normalized spacial score (nSPS) is 15.6. The number of rotatable bonds is 7. The average molecular weight is 423 g/mol. The fourth-order valence-electron chi connectivity index (χ4n) is 4.25. The first-order chi connectivity index (χ1) is 14.9. The zero-order chi connectivity index (χ0) is 21.8. The van der Waals surface area contributed by atoms with Gasteiger partial charge in [0.1, 0.15) is 5.82 Å². The van der Waals surface area contributed by atoms with Gasteiger partial charge in [0.25, 0.3) is 5.56 Å². The Bertz CT molecular complexity index is 1050. The molecule has 0 amide bonds. The van der Waals surface area contributed by atoms with Crippen molar-refractivity contribution in [1.29, 1.82) is 0 Å². The monoisotopic (exact) mass is 422 g/mol. The Hall–Kier alpha value is -2.47. The first kappa shape index (κ1) is 21.8. The summed E-state index contributed by atoms with van der Waals surface area (Å²) in [5.41, 5.74) is 2.79. The van der Waals surface area contributed by atoms with Gasteiger partial charge in [-0.05, 0) is 36.7 Å². The van der Waals surface area contributed by atoms with Crippen molar-refractivity contribution in [2.24, 2.45) is 0 Å². The minimum absolute atomic E-state index is 0.0994. The standard InChI is InChI=1S/C25H34N4O2/c1-25(2,3)19-14-12-18(13-15-19)24-26-21(29-22(27-24)17-23(30)28-29)11-7-8-16-31-20-9-5-4-6-10-20/h12-15,17,20H,4-11,16H2,1-3H3,(H,28,30). The zero-order valence-corrected chi connectivity index (χ0v) is 19.0. The second-order valence-corrected chi connectivity index (χ2v) is 9.69. The summed E-state index contributed by atoms with van der Waals surface area (Å²) in [5.74, 6) is 1.49. The quantitative estimate of drug-likeness (QED) is 0.541. The van der Waals surface area contributed by atoms with Gasteiger partial charge in [-0.1, -0.05) is 64.3 Å². The van der Waals surface area contributed by atoms with Crippen LogP contribution >= 0.6 is 0 Å². The van der Waals surface area contributed by atoms with E-state index in [0.29, 0.717) is 17.6 Å². The van der Waals surface area contributed by atoms with Gasteiger partial charge < -0.3 is 4.74 Å². The fraction of sp³-hybridized carbons (Fsp3) is 0.560. The van der Waals surface area contributed by atoms with Gasteiger partial charge in [-0.15, -0.1) is 0 Å². The van der Waals surface area contributed by atoms with E-state index in [1.165, 1.54) is 43.7 Å². The third-order valence-corrected chi connectivity index (χ3v) is 6.13. The Labute approximate surface area is 184 Å². The molecular formula is C25H34N4O2. The van der Waals surface area contributed by atoms with Crippen LogP contribution in [0.1, 0.15) is 77.1 Å². The van der Waals surface area contributed by atoms with Gasteiger partial charge >= 0.3 is 0 Å². The molecule has 1 N–H and O–H groups in total. The van der Waals surface area contributed by atoms with Gasteiger partial charge in [-0.2, -0.15) is 0 Å². The lowest BCUT2D eigenvalue weighted by Gasteiger charge is -2.21. The molecular weight excluding hydrogens is 388 g/mol. The van der Waals surface area contributed by atoms with Crippen LogP contribution < -0.4 is 5.56 Å². The molecule has 166 valence electrons. The second kappa shape index (κ2) is 9.35. The van der Waals surface area contributed by atoms with Gasteiger partial charge in [0.15, 0.2) is 11.5 Å². The maximum Gasteiger partial charge on any atom is 0.266 e. The van der Waals surface area contributed by atoms with E-state index in [0.717, 1.165) is 37.3 Å². The number of nitrogens with zero attached hydrogens (tertiary/aromatic N) is 3. The maximum absolute atomic E-state index is 11.9. The van der Waals surface area contributed by atoms with Crippen molar-refractivity contribution in [3.63, 3.8) is 0 Å². The molecule has 1 fully saturated rings. The first-order valence-electron chi connectivity index (χ1n) is 11.6. The van der Waals surface area contributed by atoms with Crippen molar-refractivity contribution >= 4 is 5.65 Å². The molecule has 0 spiro atoms. The topological polar surface area (TPSA) is 72.3 Å². The third-order valence-electron chi connectivity index (χ3n) is 6.13. The number of aromatic amines is 1. The molecule has 0 aliphatic heterocycles. The van der Waals surface area contributed by atoms with Crippen LogP contribution in [-0.4, -0.2) is 32.3 Å². The van der Waals surface area contributed by atoms with Gasteiger partial charge in [0.2, 0.25) is 0 Å². The predicted molar refractivity (Wildman–Crippen MR) is 124 cm³/mol. The Kier molecular flexibility index (Phi) is 6.56. The van der Waals surface area contributed by atoms with Crippen molar-refractivity contribution in [3.8, 4) is 11.4 Å². The Morgan fingerprint density at radius 3 is 2.52 bits per heavy atom. The molecule has 6 nitrogen and oxygen atoms in total. The van der Waals surface area contributed by atoms with Crippen molar-refractivity contribution in [2.75, 3.05) is 6.61 Å². The van der Waals surface area contributed by atoms with E-state index < -0.39 is 0 Å². The maximum atomic E-state index is 11.9. The highest BCUT2D eigenvalue weighted by Gasteiger charge is 2.16. The van der Waals surface area contributed by atoms with E-state index in [4.69, 9.17) is 9.72 Å². The summed E-state index contributed by atoms with van der Waals surface area (Å²) >= 11 is 0. The molecule has 0 unspecified atom stereocenters. The van der Waals surface area contributed by atoms with Crippen LogP contribution in [0, 0.1) is 0 Å². The molecule has 1 aromatic carbocycles. The number of aromatic nitrogens is 4. The number of nitrogens with one attached hydrogen (secondary N) is 1. The summed E-state index contributed by atoms with van der Waals surface area (Å²) in [6.07, 6.45) is 9.51. The molecule has 1 saturated carbocycles. The van der Waals surface area contributed by atoms with Crippen LogP contribution in [-0.2, 0) is 16.6 Å². The van der Waals surface area contributed by atoms with Crippen LogP contribution in [0.4, 0.5) is 0 Å². The van der Waals surface area contributed by atoms with Crippen molar-refractivity contribution in [1.82, 2.24) is 19.6 Å². The largest absolute Gasteiger partial charge is 0.378 e. The molecule has 0 radical (unpaired) electrons. The van der Waals surface area contributed by atoms with Crippen LogP contribution in [0.15, 0.2) is 35.1 Å². The first-order valence-corrected chi connectivity index (χ1v) is 11.6. The summed E-state index contributed by atoms with van der Waals surface area (Å²) in [5, 5.41) is 2.83. The van der Waals surface area contributed by atoms with Crippen LogP contribution in [0.5, 0.6) is 0 Å². The number of benzene rings is 1. The highest BCUT2D eigenvalue weighted by Crippen LogP contribution is 2.25. The lowest BCUT2D eigenvalue weighted by Crippen LogP contribution is -2.17. The molecule has 3 aromatic rings. The Morgan fingerprint density at radius 2 is 1.81 bits per heavy atom. The molecule has 1 aliphatic carbocycles. The van der Waals surface area contributed by atoms with Gasteiger partial charge in [-0.25, -0.2) is 14.5 Å². The lowest BCUT2D eigenvalue weighted by atomic mass is 9.87. The molecule has 6 heteroatoms. The summed E-state index contributed by atoms with van der Waals surface area (Å²) < 4.78 is 7.77. The average Bonchev–Trinajstić information content (AvgIpc) is 3.14. The van der Waals surface area contributed by atoms with E-state index >= 15 is 0 Å². The molecule has 0 atom stereocenters. The molecule has 0 bridgehead atoms. The second-order valence-electron chi connectivity index (χ2n) is 9.69. The summed E-state index contributed by atoms with van der Waals surface area (Å²) in [6.45, 7) is 7.40. The number of ether oxygens (including phenoxy) is 1. The summed E-state index contributed by atoms with van der Waals surface area (Å²) in [6, 6.07) is 9.94. The summed E-state index contributed by atoms with van der Waals surface area (Å²) in [4.78, 5) is 21.4. The highest BCUT2D eigenvalue weighted by molar-refractivity contribution is 5.58. The minimum atomic E-state index is -0.156. The fourth-order valence-corrected chi connectivity index (χ4v) is 4.25. The number of unbranched alkanes of at least 4 members (excludes halogenated alkanes) is 1. The number of hydrogen-bond acceptors (Lipinski definition) is 4. The molecule has 31 heavy (non-hydrogen) atoms. The number of H-pyrrole nitrogens is 1. The van der Waals surface area contributed by atoms with Crippen molar-refractivity contribution < 1.29 is 4.74 Å². The van der Waals surface area contributed by atoms with Crippen LogP contribution in [0.3, 0.4) is 0 Å². The van der Waals surface area contributed by atoms with E-state index in [2.05, 4.69) is 55.1 Å². The number of aryl methyl sites for hydroxylation is 1. The van der Waals surface area contributed by atoms with Crippen LogP contribution in [0.25, 0.3) is 17.0 Å². The van der Waals surface area contributed by atoms with Gasteiger partial charge in [0, 0.05) is 24.7 Å². The number of fused-ring (bicyclic) bond motifs is 1. The van der Waals surface area contributed by atoms with Gasteiger partial charge in [-0.3, -0.25) is 9.89 Å². The molecule has 2 aromatic heterocycles. The van der Waals surface area contributed by atoms with E-state index in [1.54, 1.807) is 4.52 Å². The van der Waals surface area contributed by atoms with Crippen molar-refractivity contribution in [2.45, 2.75) is 83.7 Å². The lowest BCUT2D eigenvalue weighted by molar-refractivity contribution is 0.0265. The Morgan fingerprint density at radius 1 is 1.06 bits per heavy atom. The molecule has 1 aliphatic rings. The van der Waals surface area contributed by atoms with E-state index in [1.807, 2.05) is 0 Å². The molecule has 0 saturated heterocycles. The highest BCUT2D eigenvalue weighted by atomic mass is 16.5. The smallest absolute Gasteiger partial charge is 0.266 e. The number of hydrogen-bond donors (Lipinski definition) is 1.